The zero-order valence-corrected chi connectivity index (χ0v) is 13.1. The van der Waals surface area contributed by atoms with Gasteiger partial charge in [-0.15, -0.1) is 0 Å². The first-order valence-corrected chi connectivity index (χ1v) is 8.99. The van der Waals surface area contributed by atoms with Crippen molar-refractivity contribution < 1.29 is 13.2 Å². The summed E-state index contributed by atoms with van der Waals surface area (Å²) in [4.78, 5) is 2.23. The van der Waals surface area contributed by atoms with Gasteiger partial charge in [-0.05, 0) is 18.6 Å². The molecule has 1 aliphatic rings. The number of sulfone groups is 1. The number of aryl methyl sites for hydroxylation is 1. The Morgan fingerprint density at radius 1 is 1.40 bits per heavy atom. The maximum absolute atomic E-state index is 11.9. The van der Waals surface area contributed by atoms with Gasteiger partial charge in [0, 0.05) is 37.8 Å². The molecule has 2 heterocycles. The number of morpholine rings is 1. The van der Waals surface area contributed by atoms with Crippen LogP contribution in [0.1, 0.15) is 25.1 Å². The van der Waals surface area contributed by atoms with Crippen molar-refractivity contribution in [1.29, 1.82) is 0 Å². The number of aromatic nitrogens is 1. The maximum atomic E-state index is 11.9. The number of hydrogen-bond donors (Lipinski definition) is 0. The zero-order chi connectivity index (χ0) is 14.6. The van der Waals surface area contributed by atoms with Crippen LogP contribution < -0.4 is 0 Å². The molecule has 0 bridgehead atoms. The van der Waals surface area contributed by atoms with Gasteiger partial charge in [-0.1, -0.05) is 6.92 Å². The minimum atomic E-state index is -2.92. The van der Waals surface area contributed by atoms with Crippen LogP contribution in [0, 0.1) is 0 Å². The smallest absolute Gasteiger partial charge is 0.151 e. The highest BCUT2D eigenvalue weighted by Gasteiger charge is 2.27. The first-order chi connectivity index (χ1) is 9.53. The molecule has 6 heteroatoms. The Labute approximate surface area is 121 Å². The molecule has 0 aromatic carbocycles. The first-order valence-electron chi connectivity index (χ1n) is 7.17. The van der Waals surface area contributed by atoms with Gasteiger partial charge in [-0.2, -0.15) is 0 Å². The summed E-state index contributed by atoms with van der Waals surface area (Å²) in [5.41, 5.74) is 1.18. The van der Waals surface area contributed by atoms with E-state index in [0.29, 0.717) is 26.2 Å². The topological polar surface area (TPSA) is 51.5 Å². The van der Waals surface area contributed by atoms with Gasteiger partial charge in [-0.3, -0.25) is 4.90 Å². The molecule has 1 aromatic heterocycles. The van der Waals surface area contributed by atoms with Gasteiger partial charge in [0.1, 0.15) is 0 Å². The zero-order valence-electron chi connectivity index (χ0n) is 12.3. The molecule has 0 spiro atoms. The molecule has 1 atom stereocenters. The molecule has 1 aromatic rings. The summed E-state index contributed by atoms with van der Waals surface area (Å²) in [5.74, 6) is 0.522. The summed E-state index contributed by atoms with van der Waals surface area (Å²) in [6.45, 7) is 4.58. The fourth-order valence-corrected chi connectivity index (χ4v) is 4.01. The Kier molecular flexibility index (Phi) is 5.23. The monoisotopic (exact) mass is 300 g/mol. The standard InChI is InChI=1S/C14H24N2O3S/c1-3-10-20(17,18)11-8-16-7-9-19-12-14(16)13-5-4-6-15(13)2/h4-6,14H,3,7-12H2,1-2H3/t14-/m0/s1. The highest BCUT2D eigenvalue weighted by atomic mass is 32.2. The second kappa shape index (κ2) is 6.74. The van der Waals surface area contributed by atoms with Crippen LogP contribution in [0.5, 0.6) is 0 Å². The summed E-state index contributed by atoms with van der Waals surface area (Å²) in [5, 5.41) is 0. The van der Waals surface area contributed by atoms with Crippen LogP contribution in [-0.2, 0) is 21.6 Å². The van der Waals surface area contributed by atoms with Crippen LogP contribution in [0.4, 0.5) is 0 Å². The lowest BCUT2D eigenvalue weighted by molar-refractivity contribution is -0.00787. The number of nitrogens with zero attached hydrogens (tertiary/aromatic N) is 2. The van der Waals surface area contributed by atoms with Crippen molar-refractivity contribution in [2.45, 2.75) is 19.4 Å². The van der Waals surface area contributed by atoms with Gasteiger partial charge in [0.05, 0.1) is 25.0 Å². The van der Waals surface area contributed by atoms with E-state index in [1.807, 2.05) is 26.2 Å². The maximum Gasteiger partial charge on any atom is 0.151 e. The van der Waals surface area contributed by atoms with Crippen molar-refractivity contribution in [2.24, 2.45) is 7.05 Å². The number of ether oxygens (including phenoxy) is 1. The molecule has 20 heavy (non-hydrogen) atoms. The van der Waals surface area contributed by atoms with E-state index in [9.17, 15) is 8.42 Å². The average Bonchev–Trinajstić information content (AvgIpc) is 2.83. The molecule has 0 saturated carbocycles. The third-order valence-corrected chi connectivity index (χ3v) is 5.60. The van der Waals surface area contributed by atoms with E-state index in [0.717, 1.165) is 6.54 Å². The number of rotatable bonds is 6. The SMILES string of the molecule is CCCS(=O)(=O)CCN1CCOC[C@H]1c1cccn1C. The predicted molar refractivity (Wildman–Crippen MR) is 79.5 cm³/mol. The predicted octanol–water partition coefficient (Wildman–Crippen LogP) is 1.22. The van der Waals surface area contributed by atoms with Crippen molar-refractivity contribution in [3.63, 3.8) is 0 Å². The van der Waals surface area contributed by atoms with E-state index in [1.54, 1.807) is 0 Å². The minimum Gasteiger partial charge on any atom is -0.378 e. The van der Waals surface area contributed by atoms with Gasteiger partial charge >= 0.3 is 0 Å². The highest BCUT2D eigenvalue weighted by molar-refractivity contribution is 7.91. The molecule has 0 unspecified atom stereocenters. The minimum absolute atomic E-state index is 0.153. The molecule has 1 fully saturated rings. The van der Waals surface area contributed by atoms with Crippen molar-refractivity contribution in [3.05, 3.63) is 24.0 Å². The molecule has 114 valence electrons. The Morgan fingerprint density at radius 3 is 2.85 bits per heavy atom. The summed E-state index contributed by atoms with van der Waals surface area (Å²) in [7, 11) is -0.913. The van der Waals surface area contributed by atoms with Crippen molar-refractivity contribution in [1.82, 2.24) is 9.47 Å². The van der Waals surface area contributed by atoms with E-state index < -0.39 is 9.84 Å². The lowest BCUT2D eigenvalue weighted by Gasteiger charge is -2.35. The molecular weight excluding hydrogens is 276 g/mol. The third-order valence-electron chi connectivity index (χ3n) is 3.77. The van der Waals surface area contributed by atoms with E-state index in [-0.39, 0.29) is 17.5 Å². The number of hydrogen-bond acceptors (Lipinski definition) is 4. The average molecular weight is 300 g/mol. The van der Waals surface area contributed by atoms with E-state index in [1.165, 1.54) is 5.69 Å². The third kappa shape index (κ3) is 3.84. The molecular formula is C14H24N2O3S. The molecule has 0 amide bonds. The van der Waals surface area contributed by atoms with Gasteiger partial charge in [0.2, 0.25) is 0 Å². The van der Waals surface area contributed by atoms with Gasteiger partial charge in [0.15, 0.2) is 9.84 Å². The summed E-state index contributed by atoms with van der Waals surface area (Å²) in [6, 6.07) is 4.24. The van der Waals surface area contributed by atoms with Crippen molar-refractivity contribution >= 4 is 9.84 Å². The fourth-order valence-electron chi connectivity index (χ4n) is 2.67. The van der Waals surface area contributed by atoms with Gasteiger partial charge in [0.25, 0.3) is 0 Å². The van der Waals surface area contributed by atoms with Crippen LogP contribution in [-0.4, -0.2) is 55.7 Å². The summed E-state index contributed by atoms with van der Waals surface area (Å²) < 4.78 is 31.4. The quantitative estimate of drug-likeness (QED) is 0.793. The second-order valence-corrected chi connectivity index (χ2v) is 7.63. The highest BCUT2D eigenvalue weighted by Crippen LogP contribution is 2.24. The first kappa shape index (κ1) is 15.5. The van der Waals surface area contributed by atoms with Gasteiger partial charge in [-0.25, -0.2) is 8.42 Å². The molecule has 1 aliphatic heterocycles. The van der Waals surface area contributed by atoms with E-state index >= 15 is 0 Å². The Bertz CT molecular complexity index is 524. The summed E-state index contributed by atoms with van der Waals surface area (Å²) >= 11 is 0. The van der Waals surface area contributed by atoms with Crippen molar-refractivity contribution in [3.8, 4) is 0 Å². The molecule has 0 aliphatic carbocycles. The Balaban J connectivity index is 2.03. The summed E-state index contributed by atoms with van der Waals surface area (Å²) in [6.07, 6.45) is 2.70. The molecule has 0 N–H and O–H groups in total. The fraction of sp³-hybridized carbons (Fsp3) is 0.714. The van der Waals surface area contributed by atoms with Crippen molar-refractivity contribution in [2.75, 3.05) is 37.8 Å². The Hall–Kier alpha value is -0.850. The lowest BCUT2D eigenvalue weighted by atomic mass is 10.1. The lowest BCUT2D eigenvalue weighted by Crippen LogP contribution is -2.42. The molecule has 1 saturated heterocycles. The van der Waals surface area contributed by atoms with Crippen LogP contribution in [0.2, 0.25) is 0 Å². The second-order valence-electron chi connectivity index (χ2n) is 5.32. The van der Waals surface area contributed by atoms with E-state index in [2.05, 4.69) is 15.5 Å². The van der Waals surface area contributed by atoms with Crippen LogP contribution in [0.15, 0.2) is 18.3 Å². The largest absolute Gasteiger partial charge is 0.378 e. The Morgan fingerprint density at radius 2 is 2.20 bits per heavy atom. The van der Waals surface area contributed by atoms with Crippen LogP contribution >= 0.6 is 0 Å². The van der Waals surface area contributed by atoms with Crippen LogP contribution in [0.3, 0.4) is 0 Å². The van der Waals surface area contributed by atoms with Crippen LogP contribution in [0.25, 0.3) is 0 Å². The normalized spacial score (nSPS) is 21.2. The molecule has 0 radical (unpaired) electrons. The van der Waals surface area contributed by atoms with Gasteiger partial charge < -0.3 is 9.30 Å². The molecule has 5 nitrogen and oxygen atoms in total. The van der Waals surface area contributed by atoms with E-state index in [4.69, 9.17) is 4.74 Å². The molecule has 2 rings (SSSR count).